The van der Waals surface area contributed by atoms with Crippen LogP contribution in [0, 0.1) is 12.7 Å². The van der Waals surface area contributed by atoms with Crippen molar-refractivity contribution in [2.24, 2.45) is 0 Å². The highest BCUT2D eigenvalue weighted by Crippen LogP contribution is 2.44. The number of amides is 1. The number of carbonyl (C=O) groups is 1. The normalized spacial score (nSPS) is 15.4. The molecule has 0 radical (unpaired) electrons. The molecule has 1 amide bonds. The maximum absolute atomic E-state index is 15.1. The lowest BCUT2D eigenvalue weighted by Crippen LogP contribution is -2.41. The van der Waals surface area contributed by atoms with E-state index in [0.29, 0.717) is 30.0 Å². The molecule has 0 saturated carbocycles. The van der Waals surface area contributed by atoms with Gasteiger partial charge in [0.1, 0.15) is 5.82 Å². The lowest BCUT2D eigenvalue weighted by molar-refractivity contribution is 0.0691. The third-order valence-corrected chi connectivity index (χ3v) is 6.11. The number of fused-ring (bicyclic) bond motifs is 1. The molecule has 0 saturated heterocycles. The van der Waals surface area contributed by atoms with Gasteiger partial charge in [-0.05, 0) is 60.4 Å². The van der Waals surface area contributed by atoms with Crippen molar-refractivity contribution in [2.45, 2.75) is 19.4 Å². The average molecular weight is 440 g/mol. The van der Waals surface area contributed by atoms with Crippen LogP contribution in [0.15, 0.2) is 54.6 Å². The molecule has 4 nitrogen and oxygen atoms in total. The van der Waals surface area contributed by atoms with Crippen LogP contribution in [0.3, 0.4) is 0 Å². The van der Waals surface area contributed by atoms with Gasteiger partial charge in [-0.15, -0.1) is 0 Å². The van der Waals surface area contributed by atoms with Crippen LogP contribution in [0.25, 0.3) is 0 Å². The molecule has 0 spiro atoms. The molecule has 6 heteroatoms. The van der Waals surface area contributed by atoms with Crippen LogP contribution in [-0.2, 0) is 6.42 Å². The largest absolute Gasteiger partial charge is 0.493 e. The summed E-state index contributed by atoms with van der Waals surface area (Å²) in [5, 5.41) is 0.273. The zero-order valence-electron chi connectivity index (χ0n) is 17.6. The quantitative estimate of drug-likeness (QED) is 0.531. The van der Waals surface area contributed by atoms with E-state index in [9.17, 15) is 4.79 Å². The second kappa shape index (κ2) is 8.60. The van der Waals surface area contributed by atoms with Gasteiger partial charge in [0.15, 0.2) is 11.5 Å². The number of carbonyl (C=O) groups excluding carboxylic acids is 1. The maximum atomic E-state index is 15.1. The van der Waals surface area contributed by atoms with Crippen molar-refractivity contribution in [1.29, 1.82) is 0 Å². The first-order valence-electron chi connectivity index (χ1n) is 10.0. The Bertz CT molecular complexity index is 1130. The van der Waals surface area contributed by atoms with E-state index in [-0.39, 0.29) is 16.5 Å². The van der Waals surface area contributed by atoms with Crippen molar-refractivity contribution in [2.75, 3.05) is 20.8 Å². The van der Waals surface area contributed by atoms with Crippen LogP contribution in [0.1, 0.15) is 38.7 Å². The van der Waals surface area contributed by atoms with E-state index >= 15 is 4.39 Å². The van der Waals surface area contributed by atoms with Gasteiger partial charge in [-0.25, -0.2) is 4.39 Å². The van der Waals surface area contributed by atoms with Crippen LogP contribution in [-0.4, -0.2) is 31.6 Å². The molecule has 0 aromatic heterocycles. The summed E-state index contributed by atoms with van der Waals surface area (Å²) in [4.78, 5) is 15.3. The van der Waals surface area contributed by atoms with E-state index in [2.05, 4.69) is 0 Å². The Balaban J connectivity index is 1.93. The summed E-state index contributed by atoms with van der Waals surface area (Å²) < 4.78 is 26.0. The van der Waals surface area contributed by atoms with E-state index in [0.717, 1.165) is 16.7 Å². The zero-order chi connectivity index (χ0) is 22.1. The van der Waals surface area contributed by atoms with Gasteiger partial charge in [-0.1, -0.05) is 35.9 Å². The second-order valence-electron chi connectivity index (χ2n) is 7.51. The lowest BCUT2D eigenvalue weighted by Gasteiger charge is -2.39. The van der Waals surface area contributed by atoms with Gasteiger partial charge in [0.05, 0.1) is 20.3 Å². The van der Waals surface area contributed by atoms with Gasteiger partial charge < -0.3 is 14.4 Å². The molecule has 31 heavy (non-hydrogen) atoms. The average Bonchev–Trinajstić information content (AvgIpc) is 2.77. The number of hydrogen-bond donors (Lipinski definition) is 0. The Hall–Kier alpha value is -3.05. The Labute approximate surface area is 186 Å². The Morgan fingerprint density at radius 1 is 1.06 bits per heavy atom. The number of methoxy groups -OCH3 is 2. The van der Waals surface area contributed by atoms with Crippen molar-refractivity contribution in [1.82, 2.24) is 4.90 Å². The third kappa shape index (κ3) is 3.74. The summed E-state index contributed by atoms with van der Waals surface area (Å²) in [5.74, 6) is 0.493. The maximum Gasteiger partial charge on any atom is 0.254 e. The van der Waals surface area contributed by atoms with Gasteiger partial charge in [-0.2, -0.15) is 0 Å². The minimum Gasteiger partial charge on any atom is -0.493 e. The number of aryl methyl sites for hydroxylation is 1. The zero-order valence-corrected chi connectivity index (χ0v) is 18.4. The van der Waals surface area contributed by atoms with Crippen molar-refractivity contribution in [3.8, 4) is 11.5 Å². The van der Waals surface area contributed by atoms with Gasteiger partial charge in [0, 0.05) is 22.7 Å². The number of nitrogens with zero attached hydrogens (tertiary/aromatic N) is 1. The summed E-state index contributed by atoms with van der Waals surface area (Å²) in [5.41, 5.74) is 3.47. The van der Waals surface area contributed by atoms with E-state index in [1.165, 1.54) is 6.07 Å². The molecule has 1 aliphatic rings. The third-order valence-electron chi connectivity index (χ3n) is 5.78. The second-order valence-corrected chi connectivity index (χ2v) is 7.91. The molecular weight excluding hydrogens is 417 g/mol. The topological polar surface area (TPSA) is 38.8 Å². The molecular formula is C25H23ClFNO3. The molecule has 0 N–H and O–H groups in total. The molecule has 0 aliphatic carbocycles. The van der Waals surface area contributed by atoms with E-state index in [1.807, 2.05) is 37.3 Å². The molecule has 4 rings (SSSR count). The number of ether oxygens (including phenoxy) is 2. The van der Waals surface area contributed by atoms with Crippen LogP contribution in [0.5, 0.6) is 11.5 Å². The summed E-state index contributed by atoms with van der Waals surface area (Å²) in [6, 6.07) is 15.0. The van der Waals surface area contributed by atoms with Crippen molar-refractivity contribution >= 4 is 17.5 Å². The molecule has 1 heterocycles. The number of rotatable bonds is 4. The van der Waals surface area contributed by atoms with Crippen LogP contribution in [0.4, 0.5) is 4.39 Å². The number of halogens is 2. The first-order valence-corrected chi connectivity index (χ1v) is 10.4. The minimum atomic E-state index is -0.690. The predicted octanol–water partition coefficient (Wildman–Crippen LogP) is 5.59. The number of hydrogen-bond acceptors (Lipinski definition) is 3. The highest BCUT2D eigenvalue weighted by Gasteiger charge is 2.36. The standard InChI is InChI=1S/C25H23ClFNO3/c1-15-7-4-5-8-17(15)25(29)28-12-11-16-13-21(30-2)22(31-3)14-18(16)24(28)23-19(26)9-6-10-20(23)27/h4-10,13-14,24H,11-12H2,1-3H3/t24-/m0/s1. The number of benzene rings is 3. The Morgan fingerprint density at radius 2 is 1.77 bits per heavy atom. The van der Waals surface area contributed by atoms with E-state index in [4.69, 9.17) is 21.1 Å². The highest BCUT2D eigenvalue weighted by atomic mass is 35.5. The van der Waals surface area contributed by atoms with Crippen molar-refractivity contribution < 1.29 is 18.7 Å². The van der Waals surface area contributed by atoms with Gasteiger partial charge in [0.25, 0.3) is 5.91 Å². The minimum absolute atomic E-state index is 0.164. The van der Waals surface area contributed by atoms with Crippen molar-refractivity contribution in [3.63, 3.8) is 0 Å². The first-order chi connectivity index (χ1) is 15.0. The van der Waals surface area contributed by atoms with E-state index < -0.39 is 11.9 Å². The summed E-state index contributed by atoms with van der Waals surface area (Å²) in [7, 11) is 3.13. The molecule has 0 fully saturated rings. The molecule has 0 bridgehead atoms. The smallest absolute Gasteiger partial charge is 0.254 e. The molecule has 160 valence electrons. The van der Waals surface area contributed by atoms with Gasteiger partial charge in [0.2, 0.25) is 0 Å². The van der Waals surface area contributed by atoms with E-state index in [1.54, 1.807) is 37.3 Å². The van der Waals surface area contributed by atoms with Crippen molar-refractivity contribution in [3.05, 3.63) is 93.3 Å². The summed E-state index contributed by atoms with van der Waals surface area (Å²) in [6.07, 6.45) is 0.607. The molecule has 1 atom stereocenters. The SMILES string of the molecule is COc1cc2c(cc1OC)[C@@H](c1c(F)cccc1Cl)N(C(=O)c1ccccc1C)CC2. The molecule has 3 aromatic rings. The fraction of sp³-hybridized carbons (Fsp3) is 0.240. The molecule has 1 aliphatic heterocycles. The highest BCUT2D eigenvalue weighted by molar-refractivity contribution is 6.31. The van der Waals surface area contributed by atoms with Gasteiger partial charge >= 0.3 is 0 Å². The molecule has 0 unspecified atom stereocenters. The molecule has 3 aromatic carbocycles. The predicted molar refractivity (Wildman–Crippen MR) is 119 cm³/mol. The monoisotopic (exact) mass is 439 g/mol. The van der Waals surface area contributed by atoms with Crippen LogP contribution >= 0.6 is 11.6 Å². The van der Waals surface area contributed by atoms with Gasteiger partial charge in [-0.3, -0.25) is 4.79 Å². The Morgan fingerprint density at radius 3 is 2.45 bits per heavy atom. The van der Waals surface area contributed by atoms with Crippen LogP contribution in [0.2, 0.25) is 5.02 Å². The summed E-state index contributed by atoms with van der Waals surface area (Å²) in [6.45, 7) is 2.31. The fourth-order valence-electron chi connectivity index (χ4n) is 4.22. The van der Waals surface area contributed by atoms with Crippen LogP contribution < -0.4 is 9.47 Å². The summed E-state index contributed by atoms with van der Waals surface area (Å²) >= 11 is 6.47. The first kappa shape index (κ1) is 21.2. The lowest BCUT2D eigenvalue weighted by atomic mass is 9.86. The Kier molecular flexibility index (Phi) is 5.88. The fourth-order valence-corrected chi connectivity index (χ4v) is 4.48.